The summed E-state index contributed by atoms with van der Waals surface area (Å²) in [6.07, 6.45) is 4.79. The van der Waals surface area contributed by atoms with Crippen LogP contribution in [0.2, 0.25) is 0 Å². The van der Waals surface area contributed by atoms with Crippen LogP contribution in [0.1, 0.15) is 58.3 Å². The Kier molecular flexibility index (Phi) is 6.48. The Balaban J connectivity index is 1.92. The van der Waals surface area contributed by atoms with Crippen LogP contribution in [-0.4, -0.2) is 34.7 Å². The lowest BCUT2D eigenvalue weighted by molar-refractivity contribution is -0.120. The smallest absolute Gasteiger partial charge is 0.272 e. The van der Waals surface area contributed by atoms with E-state index < -0.39 is 11.8 Å². The van der Waals surface area contributed by atoms with Gasteiger partial charge in [-0.15, -0.1) is 0 Å². The number of nitrogens with one attached hydrogen (secondary N) is 1. The van der Waals surface area contributed by atoms with Gasteiger partial charge in [0.15, 0.2) is 5.69 Å². The summed E-state index contributed by atoms with van der Waals surface area (Å²) < 4.78 is 3.91. The van der Waals surface area contributed by atoms with Crippen LogP contribution in [0.3, 0.4) is 0 Å². The van der Waals surface area contributed by atoms with Crippen LogP contribution in [0.15, 0.2) is 24.3 Å². The highest BCUT2D eigenvalue weighted by atomic mass is 32.1. The number of benzene rings is 1. The molecule has 0 bridgehead atoms. The molecular formula is C20H25N5O3S. The summed E-state index contributed by atoms with van der Waals surface area (Å²) in [6.45, 7) is 1.84. The number of para-hydroxylation sites is 1. The number of carbonyl (C=O) groups excluding carboxylic acids is 3. The first kappa shape index (κ1) is 20.8. The van der Waals surface area contributed by atoms with Gasteiger partial charge in [-0.2, -0.15) is 4.37 Å². The van der Waals surface area contributed by atoms with Crippen molar-refractivity contribution >= 4 is 40.6 Å². The zero-order chi connectivity index (χ0) is 21.0. The minimum absolute atomic E-state index is 0.0531. The van der Waals surface area contributed by atoms with Crippen molar-refractivity contribution in [3.8, 4) is 0 Å². The van der Waals surface area contributed by atoms with Crippen LogP contribution in [-0.2, 0) is 11.2 Å². The van der Waals surface area contributed by atoms with Crippen LogP contribution in [0.5, 0.6) is 0 Å². The van der Waals surface area contributed by atoms with Gasteiger partial charge in [-0.05, 0) is 42.4 Å². The molecule has 1 fully saturated rings. The van der Waals surface area contributed by atoms with E-state index in [0.717, 1.165) is 42.8 Å². The second-order valence-electron chi connectivity index (χ2n) is 7.06. The third kappa shape index (κ3) is 4.56. The summed E-state index contributed by atoms with van der Waals surface area (Å²) in [7, 11) is 0. The first-order chi connectivity index (χ1) is 13.9. The molecule has 1 aliphatic rings. The maximum Gasteiger partial charge on any atom is 0.272 e. The molecule has 1 heterocycles. The fourth-order valence-electron chi connectivity index (χ4n) is 3.58. The highest BCUT2D eigenvalue weighted by molar-refractivity contribution is 7.09. The number of amides is 3. The Morgan fingerprint density at radius 2 is 1.93 bits per heavy atom. The lowest BCUT2D eigenvalue weighted by Gasteiger charge is -2.25. The molecular weight excluding hydrogens is 390 g/mol. The number of anilines is 2. The minimum Gasteiger partial charge on any atom is -0.395 e. The van der Waals surface area contributed by atoms with Crippen LogP contribution < -0.4 is 21.7 Å². The van der Waals surface area contributed by atoms with E-state index in [1.807, 2.05) is 25.1 Å². The van der Waals surface area contributed by atoms with E-state index in [1.165, 1.54) is 4.90 Å². The van der Waals surface area contributed by atoms with E-state index in [2.05, 4.69) is 9.69 Å². The Labute approximate surface area is 173 Å². The number of hydrogen-bond donors (Lipinski definition) is 3. The van der Waals surface area contributed by atoms with Gasteiger partial charge in [-0.1, -0.05) is 38.0 Å². The number of carbonyl (C=O) groups is 3. The highest BCUT2D eigenvalue weighted by Crippen LogP contribution is 2.28. The molecule has 1 aliphatic carbocycles. The third-order valence-corrected chi connectivity index (χ3v) is 5.94. The van der Waals surface area contributed by atoms with Gasteiger partial charge < -0.3 is 16.8 Å². The fourth-order valence-corrected chi connectivity index (χ4v) is 4.33. The van der Waals surface area contributed by atoms with Crippen LogP contribution in [0.4, 0.5) is 11.4 Å². The molecule has 8 nitrogen and oxygen atoms in total. The second-order valence-corrected chi connectivity index (χ2v) is 7.83. The lowest BCUT2D eigenvalue weighted by Crippen LogP contribution is -2.44. The van der Waals surface area contributed by atoms with Gasteiger partial charge in [-0.25, -0.2) is 0 Å². The number of hydrogen-bond acceptors (Lipinski definition) is 6. The molecule has 1 saturated carbocycles. The maximum absolute atomic E-state index is 13.3. The summed E-state index contributed by atoms with van der Waals surface area (Å²) in [5.74, 6) is -1.50. The monoisotopic (exact) mass is 415 g/mol. The normalized spacial score (nSPS) is 14.0. The van der Waals surface area contributed by atoms with E-state index in [4.69, 9.17) is 11.5 Å². The Morgan fingerprint density at radius 3 is 2.55 bits per heavy atom. The van der Waals surface area contributed by atoms with Gasteiger partial charge in [0.25, 0.3) is 11.8 Å². The molecule has 154 valence electrons. The third-order valence-electron chi connectivity index (χ3n) is 5.09. The average molecular weight is 416 g/mol. The summed E-state index contributed by atoms with van der Waals surface area (Å²) >= 11 is 0.810. The summed E-state index contributed by atoms with van der Waals surface area (Å²) in [6, 6.07) is 7.56. The van der Waals surface area contributed by atoms with E-state index in [-0.39, 0.29) is 34.8 Å². The van der Waals surface area contributed by atoms with Gasteiger partial charge in [0.1, 0.15) is 11.4 Å². The van der Waals surface area contributed by atoms with Crippen LogP contribution in [0.25, 0.3) is 0 Å². The molecule has 2 aromatic rings. The fraction of sp³-hybridized carbons (Fsp3) is 0.400. The summed E-state index contributed by atoms with van der Waals surface area (Å²) in [5, 5.41) is 3.01. The standard InChI is InChI=1S/C20H25N5O3S/c1-2-12-7-3-6-10-14(12)25(11-15(26)23-13-8-4-5-9-13)20(28)18-16(21)17(19(22)27)24-29-18/h3,6-7,10,13H,2,4-5,8-9,11,21H2,1H3,(H2,22,27)(H,23,26). The van der Waals surface area contributed by atoms with Crippen molar-refractivity contribution in [2.75, 3.05) is 17.2 Å². The molecule has 5 N–H and O–H groups in total. The van der Waals surface area contributed by atoms with Gasteiger partial charge >= 0.3 is 0 Å². The minimum atomic E-state index is -0.794. The molecule has 3 rings (SSSR count). The van der Waals surface area contributed by atoms with Crippen LogP contribution >= 0.6 is 11.5 Å². The second kappa shape index (κ2) is 9.04. The van der Waals surface area contributed by atoms with Crippen molar-refractivity contribution in [3.63, 3.8) is 0 Å². The van der Waals surface area contributed by atoms with Crippen molar-refractivity contribution in [1.82, 2.24) is 9.69 Å². The molecule has 29 heavy (non-hydrogen) atoms. The summed E-state index contributed by atoms with van der Waals surface area (Å²) in [5.41, 5.74) is 12.6. The van der Waals surface area contributed by atoms with Gasteiger partial charge in [0, 0.05) is 11.7 Å². The van der Waals surface area contributed by atoms with Gasteiger partial charge in [0.2, 0.25) is 5.91 Å². The predicted molar refractivity (Wildman–Crippen MR) is 113 cm³/mol. The van der Waals surface area contributed by atoms with Crippen LogP contribution in [0, 0.1) is 0 Å². The zero-order valence-corrected chi connectivity index (χ0v) is 17.1. The van der Waals surface area contributed by atoms with E-state index >= 15 is 0 Å². The number of rotatable bonds is 7. The molecule has 0 atom stereocenters. The maximum atomic E-state index is 13.3. The number of nitrogens with two attached hydrogens (primary N) is 2. The quantitative estimate of drug-likeness (QED) is 0.637. The molecule has 0 unspecified atom stereocenters. The molecule has 1 aromatic heterocycles. The number of nitrogen functional groups attached to an aromatic ring is 1. The lowest BCUT2D eigenvalue weighted by atomic mass is 10.1. The van der Waals surface area contributed by atoms with Crippen molar-refractivity contribution in [1.29, 1.82) is 0 Å². The topological polar surface area (TPSA) is 131 Å². The van der Waals surface area contributed by atoms with Gasteiger partial charge in [0.05, 0.1) is 5.69 Å². The molecule has 0 radical (unpaired) electrons. The van der Waals surface area contributed by atoms with Crippen molar-refractivity contribution in [2.45, 2.75) is 45.1 Å². The number of nitrogens with zero attached hydrogens (tertiary/aromatic N) is 2. The van der Waals surface area contributed by atoms with Crippen molar-refractivity contribution in [2.24, 2.45) is 5.73 Å². The molecule has 0 saturated heterocycles. The molecule has 0 spiro atoms. The molecule has 9 heteroatoms. The molecule has 3 amide bonds. The number of primary amides is 1. The SMILES string of the molecule is CCc1ccccc1N(CC(=O)NC1CCCC1)C(=O)c1snc(C(N)=O)c1N. The average Bonchev–Trinajstić information content (AvgIpc) is 3.35. The number of aryl methyl sites for hydroxylation is 1. The zero-order valence-electron chi connectivity index (χ0n) is 16.3. The Morgan fingerprint density at radius 1 is 1.24 bits per heavy atom. The first-order valence-corrected chi connectivity index (χ1v) is 10.4. The predicted octanol–water partition coefficient (Wildman–Crippen LogP) is 2.09. The van der Waals surface area contributed by atoms with Crippen molar-refractivity contribution in [3.05, 3.63) is 40.4 Å². The molecule has 1 aromatic carbocycles. The van der Waals surface area contributed by atoms with E-state index in [1.54, 1.807) is 6.07 Å². The first-order valence-electron chi connectivity index (χ1n) is 9.66. The van der Waals surface area contributed by atoms with E-state index in [0.29, 0.717) is 12.1 Å². The summed E-state index contributed by atoms with van der Waals surface area (Å²) in [4.78, 5) is 39.0. The highest BCUT2D eigenvalue weighted by Gasteiger charge is 2.29. The van der Waals surface area contributed by atoms with Gasteiger partial charge in [-0.3, -0.25) is 19.3 Å². The molecule has 0 aliphatic heterocycles. The largest absolute Gasteiger partial charge is 0.395 e. The number of aromatic nitrogens is 1. The Hall–Kier alpha value is -2.94. The Bertz CT molecular complexity index is 921. The van der Waals surface area contributed by atoms with E-state index in [9.17, 15) is 14.4 Å². The van der Waals surface area contributed by atoms with Crippen molar-refractivity contribution < 1.29 is 14.4 Å².